The summed E-state index contributed by atoms with van der Waals surface area (Å²) < 4.78 is 16.9. The Hall–Kier alpha value is -4.19. The number of rotatable bonds is 63. The number of ether oxygens (including phenoxy) is 3. The first-order valence-electron chi connectivity index (χ1n) is 35.0. The molecular formula is C77H130O6. The van der Waals surface area contributed by atoms with Crippen molar-refractivity contribution >= 4 is 17.9 Å². The molecule has 0 radical (unpaired) electrons. The Morgan fingerprint density at radius 2 is 0.494 bits per heavy atom. The van der Waals surface area contributed by atoms with E-state index in [4.69, 9.17) is 14.2 Å². The number of esters is 3. The van der Waals surface area contributed by atoms with E-state index in [1.165, 1.54) is 180 Å². The zero-order valence-electron chi connectivity index (χ0n) is 54.4. The molecule has 474 valence electrons. The maximum absolute atomic E-state index is 12.9. The van der Waals surface area contributed by atoms with Crippen LogP contribution in [0.4, 0.5) is 0 Å². The molecule has 0 N–H and O–H groups in total. The van der Waals surface area contributed by atoms with Crippen LogP contribution in [0.1, 0.15) is 329 Å². The molecule has 0 aliphatic rings. The van der Waals surface area contributed by atoms with Crippen molar-refractivity contribution in [3.8, 4) is 0 Å². The van der Waals surface area contributed by atoms with E-state index in [-0.39, 0.29) is 37.5 Å². The molecule has 0 aromatic rings. The first-order chi connectivity index (χ1) is 41.0. The molecule has 83 heavy (non-hydrogen) atoms. The van der Waals surface area contributed by atoms with Crippen molar-refractivity contribution in [1.82, 2.24) is 0 Å². The van der Waals surface area contributed by atoms with E-state index >= 15 is 0 Å². The molecule has 0 heterocycles. The second kappa shape index (κ2) is 70.3. The van der Waals surface area contributed by atoms with E-state index in [2.05, 4.69) is 136 Å². The molecule has 0 aromatic carbocycles. The zero-order valence-corrected chi connectivity index (χ0v) is 54.4. The predicted molar refractivity (Wildman–Crippen MR) is 362 cm³/mol. The molecule has 0 aliphatic heterocycles. The van der Waals surface area contributed by atoms with Crippen LogP contribution in [0.3, 0.4) is 0 Å². The molecule has 1 atom stereocenters. The highest BCUT2D eigenvalue weighted by Crippen LogP contribution is 2.17. The molecule has 6 nitrogen and oxygen atoms in total. The standard InChI is InChI=1S/C77H130O6/c1-4-7-10-13-16-19-22-25-27-29-31-33-35-37-38-40-41-43-45-47-49-52-55-58-61-64-67-70-76(79)82-73-74(72-81-75(78)69-66-63-60-57-54-51-24-21-18-15-12-9-6-3)83-77(80)71-68-65-62-59-56-53-50-48-46-44-42-39-36-34-32-30-28-26-23-20-17-14-11-8-5-2/h8-9,11-12,17-18,20-21,26,28-29,31-32,34,39,42,51,54,60,63,74H,4-7,10,13-16,19,22-25,27,30,33,35-38,40-41,43-50,52-53,55-59,61-62,64-73H2,1-3H3/b11-8-,12-9-,20-17-,21-18-,28-26-,31-29-,34-32-,42-39-,54-51-,63-60-. The summed E-state index contributed by atoms with van der Waals surface area (Å²) in [6, 6.07) is 0. The van der Waals surface area contributed by atoms with Gasteiger partial charge in [0.15, 0.2) is 6.10 Å². The largest absolute Gasteiger partial charge is 0.462 e. The second-order valence-electron chi connectivity index (χ2n) is 23.0. The Morgan fingerprint density at radius 3 is 0.819 bits per heavy atom. The predicted octanol–water partition coefficient (Wildman–Crippen LogP) is 24.3. The van der Waals surface area contributed by atoms with Crippen LogP contribution >= 0.6 is 0 Å². The number of hydrogen-bond donors (Lipinski definition) is 0. The van der Waals surface area contributed by atoms with E-state index in [0.29, 0.717) is 19.3 Å². The van der Waals surface area contributed by atoms with Crippen molar-refractivity contribution < 1.29 is 28.6 Å². The van der Waals surface area contributed by atoms with Crippen molar-refractivity contribution in [1.29, 1.82) is 0 Å². The van der Waals surface area contributed by atoms with Crippen LogP contribution in [0, 0.1) is 0 Å². The van der Waals surface area contributed by atoms with Crippen LogP contribution in [0.2, 0.25) is 0 Å². The van der Waals surface area contributed by atoms with Gasteiger partial charge in [0.1, 0.15) is 13.2 Å². The average Bonchev–Trinajstić information content (AvgIpc) is 3.49. The van der Waals surface area contributed by atoms with Gasteiger partial charge in [0, 0.05) is 19.3 Å². The fraction of sp³-hybridized carbons (Fsp3) is 0.701. The summed E-state index contributed by atoms with van der Waals surface area (Å²) in [5, 5.41) is 0. The summed E-state index contributed by atoms with van der Waals surface area (Å²) in [5.74, 6) is -0.985. The lowest BCUT2D eigenvalue weighted by molar-refractivity contribution is -0.166. The fourth-order valence-electron chi connectivity index (χ4n) is 9.77. The number of allylic oxidation sites excluding steroid dienone is 20. The molecule has 0 fully saturated rings. The molecule has 0 saturated carbocycles. The topological polar surface area (TPSA) is 78.9 Å². The van der Waals surface area contributed by atoms with Crippen molar-refractivity contribution in [2.75, 3.05) is 13.2 Å². The van der Waals surface area contributed by atoms with Crippen LogP contribution < -0.4 is 0 Å². The third-order valence-corrected chi connectivity index (χ3v) is 14.9. The summed E-state index contributed by atoms with van der Waals surface area (Å²) in [6.45, 7) is 6.37. The van der Waals surface area contributed by atoms with Crippen LogP contribution in [-0.4, -0.2) is 37.2 Å². The highest BCUT2D eigenvalue weighted by molar-refractivity contribution is 5.71. The molecule has 0 bridgehead atoms. The molecule has 6 heteroatoms. The van der Waals surface area contributed by atoms with Gasteiger partial charge in [0.25, 0.3) is 0 Å². The fourth-order valence-corrected chi connectivity index (χ4v) is 9.77. The number of unbranched alkanes of at least 4 members (excludes halogenated alkanes) is 32. The lowest BCUT2D eigenvalue weighted by Gasteiger charge is -2.18. The minimum Gasteiger partial charge on any atom is -0.462 e. The first-order valence-corrected chi connectivity index (χ1v) is 35.0. The van der Waals surface area contributed by atoms with Gasteiger partial charge in [-0.15, -0.1) is 0 Å². The van der Waals surface area contributed by atoms with Gasteiger partial charge in [-0.05, 0) is 116 Å². The highest BCUT2D eigenvalue weighted by Gasteiger charge is 2.19. The van der Waals surface area contributed by atoms with Gasteiger partial charge >= 0.3 is 17.9 Å². The van der Waals surface area contributed by atoms with Crippen LogP contribution in [0.5, 0.6) is 0 Å². The monoisotopic (exact) mass is 1150 g/mol. The van der Waals surface area contributed by atoms with Crippen molar-refractivity contribution in [3.05, 3.63) is 122 Å². The van der Waals surface area contributed by atoms with Gasteiger partial charge in [0.2, 0.25) is 0 Å². The molecule has 0 aliphatic carbocycles. The summed E-state index contributed by atoms with van der Waals surface area (Å²) in [7, 11) is 0. The third-order valence-electron chi connectivity index (χ3n) is 14.9. The maximum atomic E-state index is 12.9. The summed E-state index contributed by atoms with van der Waals surface area (Å²) in [4.78, 5) is 38.4. The van der Waals surface area contributed by atoms with E-state index in [0.717, 1.165) is 103 Å². The molecular weight excluding hydrogens is 1020 g/mol. The third kappa shape index (κ3) is 68.5. The number of hydrogen-bond acceptors (Lipinski definition) is 6. The normalized spacial score (nSPS) is 12.9. The second-order valence-corrected chi connectivity index (χ2v) is 23.0. The average molecular weight is 1150 g/mol. The van der Waals surface area contributed by atoms with Crippen molar-refractivity contribution in [2.45, 2.75) is 335 Å². The summed E-state index contributed by atoms with van der Waals surface area (Å²) in [6.07, 6.45) is 98.2. The number of carbonyl (C=O) groups is 3. The molecule has 1 unspecified atom stereocenters. The van der Waals surface area contributed by atoms with Gasteiger partial charge in [-0.2, -0.15) is 0 Å². The van der Waals surface area contributed by atoms with E-state index in [9.17, 15) is 14.4 Å². The SMILES string of the molecule is CC/C=C\C/C=C\C/C=C\C/C=C\C/C=C\CCCCCCCCCCCC(=O)OC(COC(=O)CC/C=C\C/C=C\C/C=C\C/C=C\CC)COC(=O)CCCCCCCCCCCCCCCCC/C=C\CCCCCCCCCC. The first kappa shape index (κ1) is 78.8. The summed E-state index contributed by atoms with van der Waals surface area (Å²) >= 11 is 0. The van der Waals surface area contributed by atoms with Gasteiger partial charge in [-0.3, -0.25) is 14.4 Å². The Bertz CT molecular complexity index is 1700. The van der Waals surface area contributed by atoms with Gasteiger partial charge in [-0.25, -0.2) is 0 Å². The van der Waals surface area contributed by atoms with Crippen LogP contribution in [-0.2, 0) is 28.6 Å². The maximum Gasteiger partial charge on any atom is 0.306 e. The minimum atomic E-state index is -0.814. The quantitative estimate of drug-likeness (QED) is 0.0261. The van der Waals surface area contributed by atoms with E-state index in [1.807, 2.05) is 6.08 Å². The van der Waals surface area contributed by atoms with Gasteiger partial charge in [-0.1, -0.05) is 316 Å². The Labute approximate surface area is 513 Å². The lowest BCUT2D eigenvalue weighted by Crippen LogP contribution is -2.30. The van der Waals surface area contributed by atoms with Crippen molar-refractivity contribution in [2.24, 2.45) is 0 Å². The molecule has 0 rings (SSSR count). The Balaban J connectivity index is 4.32. The molecule has 0 saturated heterocycles. The molecule has 0 amide bonds. The van der Waals surface area contributed by atoms with Crippen LogP contribution in [0.15, 0.2) is 122 Å². The minimum absolute atomic E-state index is 0.103. The van der Waals surface area contributed by atoms with Crippen LogP contribution in [0.25, 0.3) is 0 Å². The Morgan fingerprint density at radius 1 is 0.253 bits per heavy atom. The van der Waals surface area contributed by atoms with Gasteiger partial charge in [0.05, 0.1) is 0 Å². The Kier molecular flexibility index (Phi) is 66.7. The number of carbonyl (C=O) groups excluding carboxylic acids is 3. The van der Waals surface area contributed by atoms with Gasteiger partial charge < -0.3 is 14.2 Å². The smallest absolute Gasteiger partial charge is 0.306 e. The summed E-state index contributed by atoms with van der Waals surface area (Å²) in [5.41, 5.74) is 0. The van der Waals surface area contributed by atoms with E-state index < -0.39 is 6.10 Å². The highest BCUT2D eigenvalue weighted by atomic mass is 16.6. The van der Waals surface area contributed by atoms with E-state index in [1.54, 1.807) is 0 Å². The molecule has 0 aromatic heterocycles. The molecule has 0 spiro atoms. The van der Waals surface area contributed by atoms with Crippen molar-refractivity contribution in [3.63, 3.8) is 0 Å². The zero-order chi connectivity index (χ0) is 59.9. The lowest BCUT2D eigenvalue weighted by atomic mass is 10.0.